The summed E-state index contributed by atoms with van der Waals surface area (Å²) >= 11 is 5.78. The molecule has 4 aromatic carbocycles. The Morgan fingerprint density at radius 1 is 0.805 bits per heavy atom. The summed E-state index contributed by atoms with van der Waals surface area (Å²) in [6, 6.07) is 13.7. The van der Waals surface area contributed by atoms with Gasteiger partial charge in [0.05, 0.1) is 9.79 Å². The Morgan fingerprint density at radius 3 is 1.93 bits per heavy atom. The molecule has 7 nitrogen and oxygen atoms in total. The highest BCUT2D eigenvalue weighted by atomic mass is 35.5. The molecule has 0 saturated carbocycles. The summed E-state index contributed by atoms with van der Waals surface area (Å²) in [5, 5.41) is 3.95. The Morgan fingerprint density at radius 2 is 1.37 bits per heavy atom. The number of urea groups is 1. The van der Waals surface area contributed by atoms with E-state index in [9.17, 15) is 40.0 Å². The van der Waals surface area contributed by atoms with Crippen LogP contribution < -0.4 is 15.4 Å². The number of halogens is 6. The molecule has 41 heavy (non-hydrogen) atoms. The van der Waals surface area contributed by atoms with Crippen molar-refractivity contribution >= 4 is 39.1 Å². The maximum Gasteiger partial charge on any atom is 0.420 e. The summed E-state index contributed by atoms with van der Waals surface area (Å²) in [6.07, 6.45) is -4.96. The average molecular weight is 611 g/mol. The van der Waals surface area contributed by atoms with Gasteiger partial charge >= 0.3 is 12.2 Å². The van der Waals surface area contributed by atoms with Gasteiger partial charge in [0, 0.05) is 10.7 Å². The number of ether oxygens (including phenoxy) is 1. The molecular formula is C27H16ClF5N2O5S. The maximum absolute atomic E-state index is 13.8. The van der Waals surface area contributed by atoms with Crippen molar-refractivity contribution in [3.8, 4) is 11.5 Å². The van der Waals surface area contributed by atoms with Crippen LogP contribution in [0.5, 0.6) is 11.5 Å². The van der Waals surface area contributed by atoms with Gasteiger partial charge in [-0.2, -0.15) is 13.2 Å². The number of benzene rings is 4. The zero-order valence-electron chi connectivity index (χ0n) is 20.3. The molecule has 4 aromatic rings. The molecule has 4 rings (SSSR count). The van der Waals surface area contributed by atoms with Crippen molar-refractivity contribution in [2.24, 2.45) is 0 Å². The van der Waals surface area contributed by atoms with Crippen LogP contribution in [0, 0.1) is 11.6 Å². The number of nitrogens with one attached hydrogen (secondary N) is 2. The van der Waals surface area contributed by atoms with Gasteiger partial charge in [-0.25, -0.2) is 22.0 Å². The van der Waals surface area contributed by atoms with Crippen molar-refractivity contribution in [1.29, 1.82) is 0 Å². The van der Waals surface area contributed by atoms with Gasteiger partial charge in [0.25, 0.3) is 5.91 Å². The molecule has 2 N–H and O–H groups in total. The first-order valence-electron chi connectivity index (χ1n) is 11.3. The molecular weight excluding hydrogens is 595 g/mol. The Labute approximate surface area is 234 Å². The van der Waals surface area contributed by atoms with Gasteiger partial charge in [-0.1, -0.05) is 17.7 Å². The standard InChI is InChI=1S/C27H16ClF5N2O5S/c28-15-4-9-18(10-5-15)41(38,39)19-11-7-17(8-12-19)40-23-13-6-16(14-20(23)27(31,32)33)34-26(37)35-25(36)24-21(29)2-1-3-22(24)30/h1-14H,(H2,34,35,36,37). The van der Waals surface area contributed by atoms with Crippen molar-refractivity contribution in [2.45, 2.75) is 16.0 Å². The normalized spacial score (nSPS) is 11.6. The molecule has 0 fully saturated rings. The van der Waals surface area contributed by atoms with E-state index in [2.05, 4.69) is 0 Å². The Bertz CT molecular complexity index is 1710. The highest BCUT2D eigenvalue weighted by molar-refractivity contribution is 7.91. The topological polar surface area (TPSA) is 102 Å². The number of rotatable bonds is 6. The van der Waals surface area contributed by atoms with Crippen molar-refractivity contribution in [1.82, 2.24) is 5.32 Å². The molecule has 0 unspecified atom stereocenters. The first kappa shape index (κ1) is 29.5. The number of hydrogen-bond acceptors (Lipinski definition) is 5. The Balaban J connectivity index is 1.51. The van der Waals surface area contributed by atoms with Gasteiger partial charge in [-0.15, -0.1) is 0 Å². The second-order valence-corrected chi connectivity index (χ2v) is 10.6. The van der Waals surface area contributed by atoms with E-state index in [1.165, 1.54) is 24.3 Å². The van der Waals surface area contributed by atoms with Gasteiger partial charge in [0.1, 0.15) is 34.3 Å². The average Bonchev–Trinajstić information content (AvgIpc) is 2.89. The highest BCUT2D eigenvalue weighted by Crippen LogP contribution is 2.40. The summed E-state index contributed by atoms with van der Waals surface area (Å²) in [6.45, 7) is 0. The van der Waals surface area contributed by atoms with Crippen LogP contribution in [0.4, 0.5) is 32.4 Å². The van der Waals surface area contributed by atoms with Gasteiger partial charge in [-0.05, 0) is 78.9 Å². The van der Waals surface area contributed by atoms with E-state index in [4.69, 9.17) is 16.3 Å². The number of carbonyl (C=O) groups excluding carboxylic acids is 2. The molecule has 0 radical (unpaired) electrons. The number of carbonyl (C=O) groups is 2. The number of anilines is 1. The second kappa shape index (κ2) is 11.6. The van der Waals surface area contributed by atoms with Crippen LogP contribution in [0.2, 0.25) is 5.02 Å². The molecule has 0 spiro atoms. The van der Waals surface area contributed by atoms with Crippen LogP contribution in [-0.4, -0.2) is 20.4 Å². The van der Waals surface area contributed by atoms with E-state index in [0.29, 0.717) is 11.1 Å². The predicted octanol–water partition coefficient (Wildman–Crippen LogP) is 7.22. The highest BCUT2D eigenvalue weighted by Gasteiger charge is 2.35. The van der Waals surface area contributed by atoms with Crippen LogP contribution in [0.1, 0.15) is 15.9 Å². The zero-order valence-corrected chi connectivity index (χ0v) is 21.9. The zero-order chi connectivity index (χ0) is 29.9. The molecule has 0 heterocycles. The van der Waals surface area contributed by atoms with E-state index < -0.39 is 62.2 Å². The van der Waals surface area contributed by atoms with Gasteiger partial charge < -0.3 is 10.1 Å². The SMILES string of the molecule is O=C(NC(=O)c1c(F)cccc1F)Nc1ccc(Oc2ccc(S(=O)(=O)c3ccc(Cl)cc3)cc2)c(C(F)(F)F)c1. The Kier molecular flexibility index (Phi) is 8.31. The number of hydrogen-bond donors (Lipinski definition) is 2. The lowest BCUT2D eigenvalue weighted by Crippen LogP contribution is -2.35. The molecule has 14 heteroatoms. The molecule has 0 aliphatic heterocycles. The van der Waals surface area contributed by atoms with Crippen LogP contribution in [-0.2, 0) is 16.0 Å². The summed E-state index contributed by atoms with van der Waals surface area (Å²) < 4.78 is 99.8. The lowest BCUT2D eigenvalue weighted by molar-refractivity contribution is -0.138. The quantitative estimate of drug-likeness (QED) is 0.224. The first-order chi connectivity index (χ1) is 19.3. The van der Waals surface area contributed by atoms with Crippen molar-refractivity contribution in [3.63, 3.8) is 0 Å². The maximum atomic E-state index is 13.8. The fourth-order valence-corrected chi connectivity index (χ4v) is 4.91. The number of alkyl halides is 3. The third-order valence-corrected chi connectivity index (χ3v) is 7.48. The summed E-state index contributed by atoms with van der Waals surface area (Å²) in [5.41, 5.74) is -2.79. The molecule has 0 saturated heterocycles. The molecule has 0 atom stereocenters. The summed E-state index contributed by atoms with van der Waals surface area (Å²) in [4.78, 5) is 24.0. The monoisotopic (exact) mass is 610 g/mol. The fraction of sp³-hybridized carbons (Fsp3) is 0.0370. The van der Waals surface area contributed by atoms with E-state index in [-0.39, 0.29) is 15.5 Å². The van der Waals surface area contributed by atoms with Crippen molar-refractivity contribution in [3.05, 3.63) is 113 Å². The second-order valence-electron chi connectivity index (χ2n) is 8.24. The van der Waals surface area contributed by atoms with Crippen LogP contribution in [0.3, 0.4) is 0 Å². The predicted molar refractivity (Wildman–Crippen MR) is 138 cm³/mol. The summed E-state index contributed by atoms with van der Waals surface area (Å²) in [7, 11) is -3.93. The molecule has 212 valence electrons. The van der Waals surface area contributed by atoms with Gasteiger partial charge in [-0.3, -0.25) is 10.1 Å². The van der Waals surface area contributed by atoms with Gasteiger partial charge in [0.2, 0.25) is 9.84 Å². The first-order valence-corrected chi connectivity index (χ1v) is 13.2. The van der Waals surface area contributed by atoms with E-state index in [1.54, 1.807) is 5.32 Å². The van der Waals surface area contributed by atoms with Crippen LogP contribution in [0.15, 0.2) is 94.7 Å². The van der Waals surface area contributed by atoms with Crippen molar-refractivity contribution < 1.29 is 44.7 Å². The molecule has 0 bridgehead atoms. The van der Waals surface area contributed by atoms with Crippen LogP contribution >= 0.6 is 11.6 Å². The molecule has 0 aliphatic rings. The number of amides is 3. The molecule has 0 aromatic heterocycles. The summed E-state index contributed by atoms with van der Waals surface area (Å²) in [5.74, 6) is -4.74. The molecule has 3 amide bonds. The van der Waals surface area contributed by atoms with Crippen molar-refractivity contribution in [2.75, 3.05) is 5.32 Å². The van der Waals surface area contributed by atoms with Crippen LogP contribution in [0.25, 0.3) is 0 Å². The van der Waals surface area contributed by atoms with E-state index >= 15 is 0 Å². The smallest absolute Gasteiger partial charge is 0.420 e. The third-order valence-electron chi connectivity index (χ3n) is 5.45. The minimum Gasteiger partial charge on any atom is -0.457 e. The number of imide groups is 1. The number of sulfone groups is 1. The third kappa shape index (κ3) is 6.81. The fourth-order valence-electron chi connectivity index (χ4n) is 3.52. The lowest BCUT2D eigenvalue weighted by Gasteiger charge is -2.16. The van der Waals surface area contributed by atoms with E-state index in [0.717, 1.165) is 54.6 Å². The minimum atomic E-state index is -4.96. The molecule has 0 aliphatic carbocycles. The lowest BCUT2D eigenvalue weighted by atomic mass is 10.1. The largest absolute Gasteiger partial charge is 0.457 e. The minimum absolute atomic E-state index is 0.0391. The Hall–Kier alpha value is -4.49. The van der Waals surface area contributed by atoms with E-state index in [1.807, 2.05) is 5.32 Å². The van der Waals surface area contributed by atoms with Gasteiger partial charge in [0.15, 0.2) is 0 Å².